The minimum atomic E-state index is -4.74. The molecule has 25 heavy (non-hydrogen) atoms. The maximum atomic E-state index is 12.3. The van der Waals surface area contributed by atoms with Crippen molar-refractivity contribution in [2.45, 2.75) is 31.0 Å². The van der Waals surface area contributed by atoms with Gasteiger partial charge in [-0.1, -0.05) is 0 Å². The Hall–Kier alpha value is -2.11. The van der Waals surface area contributed by atoms with Crippen LogP contribution in [-0.4, -0.2) is 58.6 Å². The number of phosphoric acid groups is 1. The fourth-order valence-corrected chi connectivity index (χ4v) is 3.40. The standard InChI is InChI=1S/C12H17N6O6P/c13-10-9-11(15-5-14-10)18(6-16-9)3-8(20)17-7(4-19)12(1-2-12)24-25(21,22)23/h5-7,19H,1-4H2,(H,17,20)(H2,13,14,15)(H2,21,22,23)/t7-/m0/s1. The van der Waals surface area contributed by atoms with Crippen LogP contribution in [0.5, 0.6) is 0 Å². The first-order valence-corrected chi connectivity index (χ1v) is 8.85. The molecule has 2 aromatic rings. The minimum Gasteiger partial charge on any atom is -0.394 e. The third-order valence-electron chi connectivity index (χ3n) is 3.94. The SMILES string of the molecule is Nc1ncnc2c1ncn2CC(=O)N[C@@H](CO)C1(OP(=O)(O)O)CC1. The molecule has 0 aliphatic heterocycles. The van der Waals surface area contributed by atoms with Crippen molar-refractivity contribution in [2.75, 3.05) is 12.3 Å². The van der Waals surface area contributed by atoms with Gasteiger partial charge >= 0.3 is 7.82 Å². The number of carbonyl (C=O) groups excluding carboxylic acids is 1. The number of nitrogen functional groups attached to an aromatic ring is 1. The molecule has 12 nitrogen and oxygen atoms in total. The van der Waals surface area contributed by atoms with E-state index in [1.54, 1.807) is 0 Å². The Morgan fingerprint density at radius 1 is 1.44 bits per heavy atom. The summed E-state index contributed by atoms with van der Waals surface area (Å²) in [5, 5.41) is 12.0. The summed E-state index contributed by atoms with van der Waals surface area (Å²) in [6.45, 7) is -0.693. The summed E-state index contributed by atoms with van der Waals surface area (Å²) in [5.74, 6) is -0.319. The van der Waals surface area contributed by atoms with Gasteiger partial charge < -0.3 is 30.5 Å². The molecule has 0 spiro atoms. The number of nitrogens with zero attached hydrogens (tertiary/aromatic N) is 4. The summed E-state index contributed by atoms with van der Waals surface area (Å²) in [7, 11) is -4.74. The number of aromatic nitrogens is 4. The van der Waals surface area contributed by atoms with Crippen molar-refractivity contribution in [3.63, 3.8) is 0 Å². The van der Waals surface area contributed by atoms with E-state index in [0.717, 1.165) is 0 Å². The first kappa shape index (κ1) is 17.7. The zero-order valence-corrected chi connectivity index (χ0v) is 13.8. The number of nitrogens with two attached hydrogens (primary N) is 1. The van der Waals surface area contributed by atoms with Crippen molar-refractivity contribution < 1.29 is 28.8 Å². The molecule has 1 aliphatic rings. The molecule has 0 bridgehead atoms. The number of phosphoric ester groups is 1. The number of aliphatic hydroxyl groups is 1. The van der Waals surface area contributed by atoms with Crippen LogP contribution in [0, 0.1) is 0 Å². The molecule has 1 aliphatic carbocycles. The highest BCUT2D eigenvalue weighted by Crippen LogP contribution is 2.53. The topological polar surface area (TPSA) is 186 Å². The lowest BCUT2D eigenvalue weighted by Gasteiger charge is -2.26. The normalized spacial score (nSPS) is 17.4. The van der Waals surface area contributed by atoms with Gasteiger partial charge in [-0.2, -0.15) is 0 Å². The number of fused-ring (bicyclic) bond motifs is 1. The van der Waals surface area contributed by atoms with E-state index < -0.39 is 32.0 Å². The lowest BCUT2D eigenvalue weighted by molar-refractivity contribution is -0.123. The van der Waals surface area contributed by atoms with E-state index >= 15 is 0 Å². The maximum Gasteiger partial charge on any atom is 0.470 e. The number of carbonyl (C=O) groups is 1. The first-order chi connectivity index (χ1) is 11.7. The number of aliphatic hydroxyl groups excluding tert-OH is 1. The van der Waals surface area contributed by atoms with E-state index in [-0.39, 0.29) is 12.4 Å². The Bertz CT molecular complexity index is 846. The van der Waals surface area contributed by atoms with Crippen molar-refractivity contribution in [3.05, 3.63) is 12.7 Å². The first-order valence-electron chi connectivity index (χ1n) is 7.32. The number of rotatable bonds is 7. The molecule has 2 aromatic heterocycles. The van der Waals surface area contributed by atoms with Gasteiger partial charge in [0.05, 0.1) is 19.0 Å². The molecule has 1 saturated carbocycles. The van der Waals surface area contributed by atoms with Gasteiger partial charge in [0.2, 0.25) is 5.91 Å². The minimum absolute atomic E-state index is 0.171. The average molecular weight is 372 g/mol. The molecular formula is C12H17N6O6P. The van der Waals surface area contributed by atoms with E-state index in [2.05, 4.69) is 20.3 Å². The second-order valence-electron chi connectivity index (χ2n) is 5.75. The number of hydrogen-bond acceptors (Lipinski definition) is 8. The van der Waals surface area contributed by atoms with E-state index in [4.69, 9.17) is 20.0 Å². The summed E-state index contributed by atoms with van der Waals surface area (Å²) in [4.78, 5) is 42.1. The predicted octanol–water partition coefficient (Wildman–Crippen LogP) is -1.47. The lowest BCUT2D eigenvalue weighted by Crippen LogP contribution is -2.49. The smallest absolute Gasteiger partial charge is 0.394 e. The van der Waals surface area contributed by atoms with Crippen LogP contribution in [0.2, 0.25) is 0 Å². The van der Waals surface area contributed by atoms with Crippen LogP contribution in [0.25, 0.3) is 11.2 Å². The fraction of sp³-hybridized carbons (Fsp3) is 0.500. The third kappa shape index (κ3) is 3.78. The number of anilines is 1. The molecule has 2 heterocycles. The molecule has 6 N–H and O–H groups in total. The number of imidazole rings is 1. The summed E-state index contributed by atoms with van der Waals surface area (Å²) < 4.78 is 17.3. The number of hydrogen-bond donors (Lipinski definition) is 5. The quantitative estimate of drug-likeness (QED) is 0.359. The van der Waals surface area contributed by atoms with Crippen molar-refractivity contribution in [1.29, 1.82) is 0 Å². The molecule has 136 valence electrons. The molecule has 0 aromatic carbocycles. The lowest BCUT2D eigenvalue weighted by atomic mass is 10.1. The van der Waals surface area contributed by atoms with Crippen LogP contribution in [0.4, 0.5) is 5.82 Å². The van der Waals surface area contributed by atoms with Crippen LogP contribution in [0.1, 0.15) is 12.8 Å². The Morgan fingerprint density at radius 3 is 2.76 bits per heavy atom. The Balaban J connectivity index is 1.71. The Kier molecular flexibility index (Phi) is 4.47. The van der Waals surface area contributed by atoms with Crippen LogP contribution >= 0.6 is 7.82 Å². The van der Waals surface area contributed by atoms with E-state index in [9.17, 15) is 14.5 Å². The molecular weight excluding hydrogens is 355 g/mol. The van der Waals surface area contributed by atoms with Crippen molar-refractivity contribution in [2.24, 2.45) is 0 Å². The van der Waals surface area contributed by atoms with Gasteiger partial charge in [-0.15, -0.1) is 0 Å². The number of nitrogens with one attached hydrogen (secondary N) is 1. The van der Waals surface area contributed by atoms with Gasteiger partial charge in [0.1, 0.15) is 24.0 Å². The summed E-state index contributed by atoms with van der Waals surface area (Å²) in [6.07, 6.45) is 3.27. The molecule has 0 unspecified atom stereocenters. The summed E-state index contributed by atoms with van der Waals surface area (Å²) in [5.41, 5.74) is 5.15. The molecule has 1 amide bonds. The van der Waals surface area contributed by atoms with Gasteiger partial charge in [0.15, 0.2) is 11.5 Å². The van der Waals surface area contributed by atoms with Crippen LogP contribution in [0.15, 0.2) is 12.7 Å². The summed E-state index contributed by atoms with van der Waals surface area (Å²) >= 11 is 0. The zero-order chi connectivity index (χ0) is 18.2. The van der Waals surface area contributed by atoms with Gasteiger partial charge in [0, 0.05) is 0 Å². The highest BCUT2D eigenvalue weighted by Gasteiger charge is 2.55. The van der Waals surface area contributed by atoms with E-state index in [1.807, 2.05) is 0 Å². The zero-order valence-electron chi connectivity index (χ0n) is 12.9. The molecule has 1 atom stereocenters. The predicted molar refractivity (Wildman–Crippen MR) is 83.8 cm³/mol. The molecule has 13 heteroatoms. The Morgan fingerprint density at radius 2 is 2.16 bits per heavy atom. The average Bonchev–Trinajstić information content (AvgIpc) is 3.16. The maximum absolute atomic E-state index is 12.3. The van der Waals surface area contributed by atoms with Crippen molar-refractivity contribution >= 4 is 30.7 Å². The third-order valence-corrected chi connectivity index (χ3v) is 4.54. The second kappa shape index (κ2) is 6.32. The highest BCUT2D eigenvalue weighted by molar-refractivity contribution is 7.46. The van der Waals surface area contributed by atoms with Crippen LogP contribution < -0.4 is 11.1 Å². The number of amides is 1. The molecule has 0 saturated heterocycles. The molecule has 1 fully saturated rings. The molecule has 0 radical (unpaired) electrons. The largest absolute Gasteiger partial charge is 0.470 e. The van der Waals surface area contributed by atoms with Gasteiger partial charge in [0.25, 0.3) is 0 Å². The van der Waals surface area contributed by atoms with Crippen LogP contribution in [0.3, 0.4) is 0 Å². The highest BCUT2D eigenvalue weighted by atomic mass is 31.2. The monoisotopic (exact) mass is 372 g/mol. The van der Waals surface area contributed by atoms with Gasteiger partial charge in [-0.25, -0.2) is 19.5 Å². The van der Waals surface area contributed by atoms with Crippen molar-refractivity contribution in [1.82, 2.24) is 24.8 Å². The molecule has 3 rings (SSSR count). The fourth-order valence-electron chi connectivity index (χ4n) is 2.62. The van der Waals surface area contributed by atoms with E-state index in [0.29, 0.717) is 24.0 Å². The van der Waals surface area contributed by atoms with E-state index in [1.165, 1.54) is 17.2 Å². The van der Waals surface area contributed by atoms with Gasteiger partial charge in [-0.3, -0.25) is 9.32 Å². The second-order valence-corrected chi connectivity index (χ2v) is 6.92. The Labute approximate surface area is 141 Å². The van der Waals surface area contributed by atoms with Crippen molar-refractivity contribution in [3.8, 4) is 0 Å². The summed E-state index contributed by atoms with van der Waals surface area (Å²) in [6, 6.07) is -0.942. The van der Waals surface area contributed by atoms with Crippen LogP contribution in [-0.2, 0) is 20.4 Å². The van der Waals surface area contributed by atoms with Gasteiger partial charge in [-0.05, 0) is 12.8 Å².